The molecule has 0 spiro atoms. The first-order chi connectivity index (χ1) is 13.1. The third-order valence-electron chi connectivity index (χ3n) is 5.45. The largest absolute Gasteiger partial charge is 0.326 e. The summed E-state index contributed by atoms with van der Waals surface area (Å²) in [6, 6.07) is 19.7. The molecule has 154 valence electrons. The van der Waals surface area contributed by atoms with Gasteiger partial charge in [-0.1, -0.05) is 36.4 Å². The van der Waals surface area contributed by atoms with E-state index < -0.39 is 0 Å². The van der Waals surface area contributed by atoms with E-state index in [-0.39, 0.29) is 48.7 Å². The number of carbonyl (C=O) groups excluding carboxylic acids is 1. The Kier molecular flexibility index (Phi) is 7.99. The molecule has 3 N–H and O–H groups in total. The fourth-order valence-corrected chi connectivity index (χ4v) is 3.85. The summed E-state index contributed by atoms with van der Waals surface area (Å²) in [6.07, 6.45) is 1.76. The summed E-state index contributed by atoms with van der Waals surface area (Å²) in [7, 11) is 0. The third kappa shape index (κ3) is 4.87. The summed E-state index contributed by atoms with van der Waals surface area (Å²) in [5.41, 5.74) is 9.28. The maximum Gasteiger partial charge on any atom is 0.241 e. The van der Waals surface area contributed by atoms with Gasteiger partial charge in [0.25, 0.3) is 0 Å². The predicted octanol–water partition coefficient (Wildman–Crippen LogP) is 3.83. The van der Waals surface area contributed by atoms with Gasteiger partial charge in [0.05, 0.1) is 17.2 Å². The van der Waals surface area contributed by atoms with Crippen LogP contribution in [0.1, 0.15) is 18.4 Å². The summed E-state index contributed by atoms with van der Waals surface area (Å²) in [6.45, 7) is 3.45. The Morgan fingerprint density at radius 1 is 1.07 bits per heavy atom. The Labute approximate surface area is 183 Å². The normalized spacial score (nSPS) is 19.8. The van der Waals surface area contributed by atoms with Crippen molar-refractivity contribution in [3.8, 4) is 0 Å². The van der Waals surface area contributed by atoms with Crippen molar-refractivity contribution in [2.45, 2.75) is 24.9 Å². The molecule has 5 nitrogen and oxygen atoms in total. The Hall–Kier alpha value is -2.18. The number of nitrogens with zero attached hydrogens (tertiary/aromatic N) is 2. The van der Waals surface area contributed by atoms with Gasteiger partial charge in [-0.15, -0.1) is 24.8 Å². The molecular formula is C22H26Cl2N4O. The molecule has 4 rings (SSSR count). The molecule has 0 aliphatic carbocycles. The monoisotopic (exact) mass is 432 g/mol. The van der Waals surface area contributed by atoms with Gasteiger partial charge in [0.15, 0.2) is 0 Å². The van der Waals surface area contributed by atoms with Crippen molar-refractivity contribution in [1.82, 2.24) is 9.88 Å². The highest BCUT2D eigenvalue weighted by Gasteiger charge is 2.35. The van der Waals surface area contributed by atoms with E-state index in [2.05, 4.69) is 27.3 Å². The van der Waals surface area contributed by atoms with Crippen LogP contribution in [-0.2, 0) is 4.79 Å². The molecule has 1 unspecified atom stereocenters. The molecule has 2 aromatic carbocycles. The van der Waals surface area contributed by atoms with Crippen molar-refractivity contribution in [1.29, 1.82) is 0 Å². The maximum absolute atomic E-state index is 12.9. The molecule has 1 amide bonds. The molecule has 1 saturated heterocycles. The highest BCUT2D eigenvalue weighted by Crippen LogP contribution is 2.28. The second-order valence-corrected chi connectivity index (χ2v) is 7.18. The quantitative estimate of drug-likeness (QED) is 0.656. The van der Waals surface area contributed by atoms with Crippen LogP contribution in [0.2, 0.25) is 0 Å². The second kappa shape index (κ2) is 10.0. The zero-order valence-corrected chi connectivity index (χ0v) is 17.8. The molecule has 29 heavy (non-hydrogen) atoms. The minimum Gasteiger partial charge on any atom is -0.326 e. The average Bonchev–Trinajstić information content (AvgIpc) is 3.10. The number of nitrogens with two attached hydrogens (primary N) is 1. The minimum atomic E-state index is -0.253. The van der Waals surface area contributed by atoms with Crippen LogP contribution in [0.4, 0.5) is 5.69 Å². The van der Waals surface area contributed by atoms with Crippen molar-refractivity contribution in [2.24, 2.45) is 5.73 Å². The fourth-order valence-electron chi connectivity index (χ4n) is 3.85. The number of pyridine rings is 1. The van der Waals surface area contributed by atoms with Gasteiger partial charge in [-0.25, -0.2) is 0 Å². The number of hydrogen-bond donors (Lipinski definition) is 2. The summed E-state index contributed by atoms with van der Waals surface area (Å²) >= 11 is 0. The van der Waals surface area contributed by atoms with Gasteiger partial charge in [0, 0.05) is 36.6 Å². The van der Waals surface area contributed by atoms with Crippen molar-refractivity contribution in [3.63, 3.8) is 0 Å². The number of benzene rings is 2. The Morgan fingerprint density at radius 2 is 1.83 bits per heavy atom. The van der Waals surface area contributed by atoms with Crippen LogP contribution in [0.3, 0.4) is 0 Å². The van der Waals surface area contributed by atoms with Crippen LogP contribution in [0, 0.1) is 0 Å². The topological polar surface area (TPSA) is 71.2 Å². The molecule has 0 saturated carbocycles. The molecule has 0 radical (unpaired) electrons. The van der Waals surface area contributed by atoms with E-state index in [4.69, 9.17) is 5.73 Å². The molecule has 1 fully saturated rings. The number of halogens is 2. The number of aromatic nitrogens is 1. The lowest BCUT2D eigenvalue weighted by atomic mass is 9.95. The second-order valence-electron chi connectivity index (χ2n) is 7.18. The zero-order chi connectivity index (χ0) is 18.8. The van der Waals surface area contributed by atoms with Crippen LogP contribution in [0.15, 0.2) is 66.9 Å². The van der Waals surface area contributed by atoms with E-state index in [0.717, 1.165) is 23.1 Å². The molecule has 0 bridgehead atoms. The van der Waals surface area contributed by atoms with Crippen LogP contribution >= 0.6 is 24.8 Å². The van der Waals surface area contributed by atoms with Crippen LogP contribution < -0.4 is 11.1 Å². The van der Waals surface area contributed by atoms with Crippen LogP contribution in [0.25, 0.3) is 10.9 Å². The van der Waals surface area contributed by atoms with Crippen LogP contribution in [0.5, 0.6) is 0 Å². The standard InChI is InChI=1S/C22H24N4O.2ClH/c1-15(26-13-18(19(23)14-26)16-7-3-2-4-8-16)22(27)25-21-11-5-10-20-17(21)9-6-12-24-20;;/h2-12,15,18-19H,13-14,23H2,1H3,(H,25,27);2*1H/t15?,18-,19+;;/m0../s1. The molecule has 2 heterocycles. The van der Waals surface area contributed by atoms with Gasteiger partial charge in [-0.05, 0) is 36.8 Å². The van der Waals surface area contributed by atoms with Gasteiger partial charge in [-0.2, -0.15) is 0 Å². The van der Waals surface area contributed by atoms with Gasteiger partial charge in [-0.3, -0.25) is 14.7 Å². The van der Waals surface area contributed by atoms with Crippen molar-refractivity contribution in [2.75, 3.05) is 18.4 Å². The van der Waals surface area contributed by atoms with Gasteiger partial charge in [0.1, 0.15) is 0 Å². The molecule has 1 aliphatic rings. The van der Waals surface area contributed by atoms with Gasteiger partial charge in [0.2, 0.25) is 5.91 Å². The van der Waals surface area contributed by atoms with Crippen LogP contribution in [-0.4, -0.2) is 41.0 Å². The highest BCUT2D eigenvalue weighted by molar-refractivity contribution is 6.02. The van der Waals surface area contributed by atoms with Crippen molar-refractivity contribution < 1.29 is 4.79 Å². The van der Waals surface area contributed by atoms with E-state index in [0.29, 0.717) is 6.54 Å². The molecule has 3 atom stereocenters. The van der Waals surface area contributed by atoms with E-state index in [1.807, 2.05) is 55.5 Å². The molecular weight excluding hydrogens is 407 g/mol. The molecule has 1 aromatic heterocycles. The summed E-state index contributed by atoms with van der Waals surface area (Å²) in [5.74, 6) is 0.232. The van der Waals surface area contributed by atoms with E-state index in [1.54, 1.807) is 6.20 Å². The van der Waals surface area contributed by atoms with Gasteiger partial charge < -0.3 is 11.1 Å². The lowest BCUT2D eigenvalue weighted by Crippen LogP contribution is -2.41. The number of hydrogen-bond acceptors (Lipinski definition) is 4. The molecule has 3 aromatic rings. The summed E-state index contributed by atoms with van der Waals surface area (Å²) < 4.78 is 0. The fraction of sp³-hybridized carbons (Fsp3) is 0.273. The molecule has 1 aliphatic heterocycles. The SMILES string of the molecule is CC(C(=O)Nc1cccc2ncccc12)N1C[C@@H](N)[C@H](c2ccccc2)C1.Cl.Cl. The highest BCUT2D eigenvalue weighted by atomic mass is 35.5. The third-order valence-corrected chi connectivity index (χ3v) is 5.45. The van der Waals surface area contributed by atoms with Gasteiger partial charge >= 0.3 is 0 Å². The smallest absolute Gasteiger partial charge is 0.241 e. The van der Waals surface area contributed by atoms with E-state index in [1.165, 1.54) is 5.56 Å². The minimum absolute atomic E-state index is 0. The summed E-state index contributed by atoms with van der Waals surface area (Å²) in [5, 5.41) is 4.01. The average molecular weight is 433 g/mol. The number of fused-ring (bicyclic) bond motifs is 1. The number of anilines is 1. The first kappa shape index (κ1) is 23.1. The first-order valence-corrected chi connectivity index (χ1v) is 9.32. The van der Waals surface area contributed by atoms with E-state index >= 15 is 0 Å². The van der Waals surface area contributed by atoms with Crippen molar-refractivity contribution in [3.05, 3.63) is 72.4 Å². The lowest BCUT2D eigenvalue weighted by molar-refractivity contribution is -0.120. The Bertz CT molecular complexity index is 948. The predicted molar refractivity (Wildman–Crippen MR) is 123 cm³/mol. The Balaban J connectivity index is 0.00000150. The number of likely N-dealkylation sites (tertiary alicyclic amines) is 1. The summed E-state index contributed by atoms with van der Waals surface area (Å²) in [4.78, 5) is 19.4. The molecule has 7 heteroatoms. The zero-order valence-electron chi connectivity index (χ0n) is 16.2. The lowest BCUT2D eigenvalue weighted by Gasteiger charge is -2.23. The Morgan fingerprint density at radius 3 is 2.59 bits per heavy atom. The van der Waals surface area contributed by atoms with E-state index in [9.17, 15) is 4.79 Å². The van der Waals surface area contributed by atoms with Crippen molar-refractivity contribution >= 4 is 47.3 Å². The number of carbonyl (C=O) groups is 1. The maximum atomic E-state index is 12.9. The first-order valence-electron chi connectivity index (χ1n) is 9.32. The number of nitrogens with one attached hydrogen (secondary N) is 1. The number of rotatable bonds is 4. The number of amides is 1.